The Morgan fingerprint density at radius 2 is 1.58 bits per heavy atom. The van der Waals surface area contributed by atoms with Crippen LogP contribution in [0.25, 0.3) is 10.8 Å². The van der Waals surface area contributed by atoms with Crippen molar-refractivity contribution in [3.05, 3.63) is 48.0 Å². The highest BCUT2D eigenvalue weighted by atomic mass is 16.7. The van der Waals surface area contributed by atoms with Gasteiger partial charge in [-0.05, 0) is 85.6 Å². The van der Waals surface area contributed by atoms with E-state index >= 15 is 0 Å². The Bertz CT molecular complexity index is 863. The Balaban J connectivity index is 1.35. The predicted molar refractivity (Wildman–Crippen MR) is 103 cm³/mol. The Kier molecular flexibility index (Phi) is 3.66. The summed E-state index contributed by atoms with van der Waals surface area (Å²) in [5.74, 6) is 2.12. The monoisotopic (exact) mass is 347 g/mol. The minimum atomic E-state index is -0.248. The van der Waals surface area contributed by atoms with Gasteiger partial charge in [-0.3, -0.25) is 0 Å². The van der Waals surface area contributed by atoms with Crippen LogP contribution in [0.4, 0.5) is 0 Å². The van der Waals surface area contributed by atoms with Crippen LogP contribution in [-0.2, 0) is 9.63 Å². The third kappa shape index (κ3) is 2.65. The fourth-order valence-corrected chi connectivity index (χ4v) is 6.03. The van der Waals surface area contributed by atoms with Gasteiger partial charge >= 0.3 is 5.97 Å². The summed E-state index contributed by atoms with van der Waals surface area (Å²) >= 11 is 0. The van der Waals surface area contributed by atoms with Crippen molar-refractivity contribution < 1.29 is 9.63 Å². The summed E-state index contributed by atoms with van der Waals surface area (Å²) in [5, 5.41) is 6.60. The Hall–Kier alpha value is -2.16. The highest BCUT2D eigenvalue weighted by Gasteiger charge is 2.55. The van der Waals surface area contributed by atoms with Crippen molar-refractivity contribution in [2.75, 3.05) is 0 Å². The summed E-state index contributed by atoms with van der Waals surface area (Å²) < 4.78 is 0. The lowest BCUT2D eigenvalue weighted by Gasteiger charge is -2.54. The first-order valence-corrected chi connectivity index (χ1v) is 9.86. The van der Waals surface area contributed by atoms with Crippen LogP contribution in [0, 0.1) is 23.2 Å². The minimum Gasteiger partial charge on any atom is -0.317 e. The SMILES string of the molecule is C/C(=N\OC(=O)C12CC3CC(CC(C3)C1)C2)c1ccc2ccccc2c1. The zero-order valence-corrected chi connectivity index (χ0v) is 15.3. The normalized spacial score (nSPS) is 32.8. The molecule has 0 spiro atoms. The third-order valence-electron chi connectivity index (χ3n) is 6.90. The summed E-state index contributed by atoms with van der Waals surface area (Å²) in [4.78, 5) is 18.4. The van der Waals surface area contributed by atoms with Crippen molar-refractivity contribution in [1.82, 2.24) is 0 Å². The van der Waals surface area contributed by atoms with Gasteiger partial charge < -0.3 is 4.84 Å². The van der Waals surface area contributed by atoms with Crippen molar-refractivity contribution in [2.24, 2.45) is 28.3 Å². The average Bonchev–Trinajstić information content (AvgIpc) is 2.64. The molecule has 134 valence electrons. The van der Waals surface area contributed by atoms with Gasteiger partial charge in [-0.2, -0.15) is 0 Å². The molecule has 0 unspecified atom stereocenters. The fourth-order valence-electron chi connectivity index (χ4n) is 6.03. The van der Waals surface area contributed by atoms with E-state index in [4.69, 9.17) is 4.84 Å². The number of nitrogens with zero attached hydrogens (tertiary/aromatic N) is 1. The molecule has 2 aromatic carbocycles. The molecule has 26 heavy (non-hydrogen) atoms. The van der Waals surface area contributed by atoms with Crippen LogP contribution in [0.3, 0.4) is 0 Å². The van der Waals surface area contributed by atoms with E-state index < -0.39 is 0 Å². The first-order valence-electron chi connectivity index (χ1n) is 9.86. The summed E-state index contributed by atoms with van der Waals surface area (Å²) in [6.45, 7) is 1.91. The fraction of sp³-hybridized carbons (Fsp3) is 0.478. The van der Waals surface area contributed by atoms with Gasteiger partial charge in [0.25, 0.3) is 0 Å². The van der Waals surface area contributed by atoms with Crippen LogP contribution in [0.15, 0.2) is 47.6 Å². The molecule has 0 aliphatic heterocycles. The van der Waals surface area contributed by atoms with E-state index in [-0.39, 0.29) is 11.4 Å². The number of fused-ring (bicyclic) bond motifs is 1. The Labute approximate surface area is 154 Å². The van der Waals surface area contributed by atoms with E-state index in [1.807, 2.05) is 25.1 Å². The van der Waals surface area contributed by atoms with Crippen molar-refractivity contribution in [3.63, 3.8) is 0 Å². The zero-order valence-electron chi connectivity index (χ0n) is 15.3. The first-order chi connectivity index (χ1) is 12.6. The lowest BCUT2D eigenvalue weighted by atomic mass is 9.49. The zero-order chi connectivity index (χ0) is 17.7. The van der Waals surface area contributed by atoms with E-state index in [0.717, 1.165) is 48.3 Å². The molecule has 3 nitrogen and oxygen atoms in total. The Morgan fingerprint density at radius 1 is 0.962 bits per heavy atom. The number of rotatable bonds is 3. The van der Waals surface area contributed by atoms with Crippen LogP contribution >= 0.6 is 0 Å². The van der Waals surface area contributed by atoms with E-state index in [9.17, 15) is 4.79 Å². The molecule has 6 rings (SSSR count). The van der Waals surface area contributed by atoms with Crippen molar-refractivity contribution in [1.29, 1.82) is 0 Å². The number of benzene rings is 2. The second-order valence-corrected chi connectivity index (χ2v) is 8.82. The van der Waals surface area contributed by atoms with Gasteiger partial charge in [-0.25, -0.2) is 4.79 Å². The van der Waals surface area contributed by atoms with Gasteiger partial charge in [0.15, 0.2) is 0 Å². The minimum absolute atomic E-state index is 0.0864. The van der Waals surface area contributed by atoms with Gasteiger partial charge in [0.2, 0.25) is 0 Å². The second kappa shape index (κ2) is 5.94. The highest BCUT2D eigenvalue weighted by molar-refractivity contribution is 6.02. The molecule has 0 atom stereocenters. The molecule has 0 aromatic heterocycles. The third-order valence-corrected chi connectivity index (χ3v) is 6.90. The van der Waals surface area contributed by atoms with Crippen molar-refractivity contribution >= 4 is 22.5 Å². The maximum Gasteiger partial charge on any atom is 0.341 e. The van der Waals surface area contributed by atoms with Crippen LogP contribution in [-0.4, -0.2) is 11.7 Å². The van der Waals surface area contributed by atoms with Crippen molar-refractivity contribution in [3.8, 4) is 0 Å². The topological polar surface area (TPSA) is 38.7 Å². The van der Waals surface area contributed by atoms with Gasteiger partial charge in [-0.15, -0.1) is 0 Å². The molecule has 4 saturated carbocycles. The maximum absolute atomic E-state index is 12.9. The average molecular weight is 347 g/mol. The van der Waals surface area contributed by atoms with Crippen LogP contribution < -0.4 is 0 Å². The standard InChI is InChI=1S/C23H25NO2/c1-15(20-7-6-19-4-2-3-5-21(19)11-20)24-26-22(25)23-12-16-8-17(13-23)10-18(9-16)14-23/h2-7,11,16-18H,8-10,12-14H2,1H3/b24-15+. The number of hydrogen-bond donors (Lipinski definition) is 0. The molecule has 0 amide bonds. The van der Waals surface area contributed by atoms with Gasteiger partial charge in [0.05, 0.1) is 11.1 Å². The summed E-state index contributed by atoms with van der Waals surface area (Å²) in [6.07, 6.45) is 7.02. The molecule has 4 aliphatic carbocycles. The van der Waals surface area contributed by atoms with Crippen LogP contribution in [0.1, 0.15) is 51.0 Å². The summed E-state index contributed by atoms with van der Waals surface area (Å²) in [6, 6.07) is 14.5. The van der Waals surface area contributed by atoms with Crippen LogP contribution in [0.5, 0.6) is 0 Å². The molecule has 4 fully saturated rings. The van der Waals surface area contributed by atoms with Crippen molar-refractivity contribution in [2.45, 2.75) is 45.4 Å². The molecule has 0 radical (unpaired) electrons. The quantitative estimate of drug-likeness (QED) is 0.428. The smallest absolute Gasteiger partial charge is 0.317 e. The Morgan fingerprint density at radius 3 is 2.23 bits per heavy atom. The van der Waals surface area contributed by atoms with E-state index in [1.54, 1.807) is 0 Å². The molecule has 4 bridgehead atoms. The van der Waals surface area contributed by atoms with Gasteiger partial charge in [-0.1, -0.05) is 41.6 Å². The van der Waals surface area contributed by atoms with E-state index in [0.29, 0.717) is 0 Å². The molecule has 0 N–H and O–H groups in total. The lowest BCUT2D eigenvalue weighted by Crippen LogP contribution is -2.50. The van der Waals surface area contributed by atoms with Crippen LogP contribution in [0.2, 0.25) is 0 Å². The molecule has 3 heteroatoms. The highest BCUT2D eigenvalue weighted by Crippen LogP contribution is 2.60. The van der Waals surface area contributed by atoms with E-state index in [1.165, 1.54) is 30.0 Å². The molecule has 0 saturated heterocycles. The first kappa shape index (κ1) is 16.0. The number of carbonyl (C=O) groups excluding carboxylic acids is 1. The largest absolute Gasteiger partial charge is 0.341 e. The number of oxime groups is 1. The number of hydrogen-bond acceptors (Lipinski definition) is 3. The van der Waals surface area contributed by atoms with Gasteiger partial charge in [0.1, 0.15) is 0 Å². The summed E-state index contributed by atoms with van der Waals surface area (Å²) in [7, 11) is 0. The molecular formula is C23H25NO2. The summed E-state index contributed by atoms with van der Waals surface area (Å²) in [5.41, 5.74) is 1.51. The van der Waals surface area contributed by atoms with E-state index in [2.05, 4.69) is 29.4 Å². The molecule has 0 heterocycles. The van der Waals surface area contributed by atoms with Gasteiger partial charge in [0, 0.05) is 0 Å². The lowest BCUT2D eigenvalue weighted by molar-refractivity contribution is -0.171. The molecule has 2 aromatic rings. The molecular weight excluding hydrogens is 322 g/mol. The second-order valence-electron chi connectivity index (χ2n) is 8.82. The maximum atomic E-state index is 12.9. The molecule has 4 aliphatic rings. The number of carbonyl (C=O) groups is 1. The predicted octanol–water partition coefficient (Wildman–Crippen LogP) is 5.32.